The average Bonchev–Trinajstić information content (AvgIpc) is 3.74. The molecule has 440 valence electrons. The quantitative estimate of drug-likeness (QED) is 0.0591. The van der Waals surface area contributed by atoms with Crippen LogP contribution in [-0.4, -0.2) is 243 Å². The highest BCUT2D eigenvalue weighted by Crippen LogP contribution is 2.76. The lowest BCUT2D eigenvalue weighted by atomic mass is 9.35. The van der Waals surface area contributed by atoms with Crippen LogP contribution >= 0.6 is 0 Å². The molecule has 23 heteroatoms. The van der Waals surface area contributed by atoms with Crippen LogP contribution in [0.3, 0.4) is 0 Å². The Morgan fingerprint density at radius 3 is 1.76 bits per heavy atom. The fourth-order valence-electron chi connectivity index (χ4n) is 15.8. The molecule has 8 fully saturated rings. The molecule has 8 aliphatic rings. The number of aliphatic hydroxyl groups is 15. The molecule has 0 aromatic carbocycles. The molecule has 4 saturated heterocycles. The average molecular weight is 1100 g/mol. The number of rotatable bonds is 15. The van der Waals surface area contributed by atoms with Gasteiger partial charge in [0.15, 0.2) is 25.2 Å². The van der Waals surface area contributed by atoms with Gasteiger partial charge in [-0.2, -0.15) is 0 Å². The van der Waals surface area contributed by atoms with E-state index in [1.165, 1.54) is 0 Å². The van der Waals surface area contributed by atoms with Crippen molar-refractivity contribution in [3.8, 4) is 0 Å². The second-order valence-electron chi connectivity index (χ2n) is 25.8. The van der Waals surface area contributed by atoms with Gasteiger partial charge in [0.2, 0.25) is 0 Å². The smallest absolute Gasteiger partial charge is 0.187 e. The van der Waals surface area contributed by atoms with Crippen LogP contribution < -0.4 is 0 Å². The molecule has 0 spiro atoms. The Morgan fingerprint density at radius 1 is 0.566 bits per heavy atom. The molecular formula is C53H90O23. The van der Waals surface area contributed by atoms with Crippen LogP contribution in [0.5, 0.6) is 0 Å². The highest BCUT2D eigenvalue weighted by atomic mass is 16.8. The molecule has 0 unspecified atom stereocenters. The number of hydrogen-bond acceptors (Lipinski definition) is 23. The third-order valence-electron chi connectivity index (χ3n) is 20.3. The van der Waals surface area contributed by atoms with Crippen molar-refractivity contribution in [1.29, 1.82) is 0 Å². The molecule has 0 bridgehead atoms. The minimum atomic E-state index is -1.82. The summed E-state index contributed by atoms with van der Waals surface area (Å²) in [5.74, 6) is -0.725. The summed E-state index contributed by atoms with van der Waals surface area (Å²) < 4.78 is 48.5. The Hall–Kier alpha value is -1.18. The first kappa shape index (κ1) is 60.9. The van der Waals surface area contributed by atoms with E-state index in [9.17, 15) is 76.6 Å². The normalized spacial score (nSPS) is 52.6. The van der Waals surface area contributed by atoms with Gasteiger partial charge >= 0.3 is 0 Å². The molecule has 23 nitrogen and oxygen atoms in total. The monoisotopic (exact) mass is 1090 g/mol. The summed E-state index contributed by atoms with van der Waals surface area (Å²) in [5.41, 5.74) is -4.14. The number of hydrogen-bond donors (Lipinski definition) is 15. The molecule has 76 heavy (non-hydrogen) atoms. The molecule has 8 rings (SSSR count). The van der Waals surface area contributed by atoms with Crippen molar-refractivity contribution >= 4 is 0 Å². The van der Waals surface area contributed by atoms with Crippen LogP contribution in [0.2, 0.25) is 0 Å². The second-order valence-corrected chi connectivity index (χ2v) is 25.8. The maximum atomic E-state index is 12.8. The van der Waals surface area contributed by atoms with E-state index in [0.29, 0.717) is 32.1 Å². The lowest BCUT2D eigenvalue weighted by Crippen LogP contribution is -2.68. The van der Waals surface area contributed by atoms with Gasteiger partial charge in [-0.1, -0.05) is 46.8 Å². The maximum Gasteiger partial charge on any atom is 0.187 e. The van der Waals surface area contributed by atoms with E-state index in [1.807, 2.05) is 13.0 Å². The zero-order valence-electron chi connectivity index (χ0n) is 45.0. The summed E-state index contributed by atoms with van der Waals surface area (Å²) >= 11 is 0. The van der Waals surface area contributed by atoms with Gasteiger partial charge in [-0.05, 0) is 117 Å². The van der Waals surface area contributed by atoms with E-state index in [2.05, 4.69) is 34.6 Å². The minimum absolute atomic E-state index is 0.00717. The summed E-state index contributed by atoms with van der Waals surface area (Å²) in [6, 6.07) is 0. The topological polar surface area (TPSA) is 377 Å². The predicted octanol–water partition coefficient (Wildman–Crippen LogP) is -2.59. The Morgan fingerprint density at radius 2 is 1.13 bits per heavy atom. The summed E-state index contributed by atoms with van der Waals surface area (Å²) in [4.78, 5) is 0. The Bertz CT molecular complexity index is 1980. The third kappa shape index (κ3) is 10.8. The predicted molar refractivity (Wildman–Crippen MR) is 262 cm³/mol. The van der Waals surface area contributed by atoms with Crippen molar-refractivity contribution in [1.82, 2.24) is 0 Å². The van der Waals surface area contributed by atoms with Crippen molar-refractivity contribution in [3.05, 3.63) is 12.2 Å². The number of aliphatic hydroxyl groups excluding tert-OH is 14. The van der Waals surface area contributed by atoms with Crippen molar-refractivity contribution in [2.75, 3.05) is 26.4 Å². The third-order valence-corrected chi connectivity index (χ3v) is 20.3. The number of ether oxygens (including phenoxy) is 8. The lowest BCUT2D eigenvalue weighted by Gasteiger charge is -2.71. The Kier molecular flexibility index (Phi) is 18.1. The molecular weight excluding hydrogens is 1000 g/mol. The van der Waals surface area contributed by atoms with Gasteiger partial charge in [-0.3, -0.25) is 0 Å². The van der Waals surface area contributed by atoms with Gasteiger partial charge in [-0.25, -0.2) is 0 Å². The molecule has 4 saturated carbocycles. The van der Waals surface area contributed by atoms with E-state index in [0.717, 1.165) is 12.8 Å². The van der Waals surface area contributed by atoms with E-state index in [4.69, 9.17) is 37.9 Å². The van der Waals surface area contributed by atoms with Gasteiger partial charge in [0.1, 0.15) is 91.6 Å². The van der Waals surface area contributed by atoms with Crippen molar-refractivity contribution in [3.63, 3.8) is 0 Å². The molecule has 15 N–H and O–H groups in total. The lowest BCUT2D eigenvalue weighted by molar-refractivity contribution is -0.378. The first-order valence-corrected chi connectivity index (χ1v) is 27.4. The SMILES string of the molecule is CC(C)(O)C/C=C/[C@](C)(O[C@@H]1O[C@H](CO[C@@H]2OC[C@H](O)[C@H](O)[C@H]2O)[C@@H](O)[C@H](O)[C@H]1O)[C@H]1CC[C@]2(C)[C@@H]1[C@H](O)C[C@@H]1[C@@]3(C)CC[C@H](O[C@@H]4O[C@H](CO)[C@@H](O)[C@H](O)[C@H]4O[C@@H]4O[C@H](CO)[C@@H](O)[C@H](O)[C@H]4O)C(C)(C)[C@@H]3CC[C@]12C. The first-order chi connectivity index (χ1) is 35.4. The van der Waals surface area contributed by atoms with Crippen molar-refractivity contribution in [2.24, 2.45) is 45.3 Å². The highest BCUT2D eigenvalue weighted by Gasteiger charge is 2.72. The molecule has 0 aromatic rings. The van der Waals surface area contributed by atoms with Gasteiger partial charge < -0.3 is 114 Å². The Labute approximate surface area is 444 Å². The maximum absolute atomic E-state index is 12.8. The molecule has 4 aliphatic heterocycles. The minimum Gasteiger partial charge on any atom is -0.394 e. The van der Waals surface area contributed by atoms with Crippen LogP contribution in [0, 0.1) is 45.3 Å². The van der Waals surface area contributed by atoms with E-state index < -0.39 is 177 Å². The summed E-state index contributed by atoms with van der Waals surface area (Å²) in [6.45, 7) is 14.1. The molecule has 4 heterocycles. The molecule has 0 radical (unpaired) electrons. The van der Waals surface area contributed by atoms with E-state index >= 15 is 0 Å². The van der Waals surface area contributed by atoms with Gasteiger partial charge in [0.25, 0.3) is 0 Å². The standard InChI is InChI=1S/C53H90O23/c1-48(2,68)13-9-14-53(8,76-46-42(67)38(63)36(61)28(73-46)22-70-44-40(65)33(58)25(57)21-69-44)23-10-16-52(7)32(23)24(56)18-30-50(5)15-12-31(49(3,4)29(50)11-17-51(30,52)6)74-47-43(39(64)35(60)27(20-55)72-47)75-45-41(66)37(62)34(59)26(19-54)71-45/h9,14,23-47,54-68H,10-13,15-22H2,1-8H3/b14-9+/t23-,24+,25-,26+,27+,28+,29-,30+,31-,32-,33-,34+,35+,36+,37-,38-,39-,40+,41+,42+,43+,44-,45-,46-,47-,50-,51+,52+,53-/m0/s1. The van der Waals surface area contributed by atoms with E-state index in [1.54, 1.807) is 19.9 Å². The van der Waals surface area contributed by atoms with Crippen LogP contribution in [0.15, 0.2) is 12.2 Å². The molecule has 0 aromatic heterocycles. The molecule has 0 amide bonds. The van der Waals surface area contributed by atoms with Crippen LogP contribution in [0.4, 0.5) is 0 Å². The van der Waals surface area contributed by atoms with Crippen LogP contribution in [-0.2, 0) is 37.9 Å². The summed E-state index contributed by atoms with van der Waals surface area (Å²) in [5, 5.41) is 162. The van der Waals surface area contributed by atoms with E-state index in [-0.39, 0.29) is 41.6 Å². The zero-order valence-corrected chi connectivity index (χ0v) is 45.0. The molecule has 29 atom stereocenters. The Balaban J connectivity index is 1.02. The fraction of sp³-hybridized carbons (Fsp3) is 0.962. The second kappa shape index (κ2) is 22.5. The van der Waals surface area contributed by atoms with Crippen LogP contribution in [0.1, 0.15) is 107 Å². The van der Waals surface area contributed by atoms with Crippen LogP contribution in [0.25, 0.3) is 0 Å². The highest BCUT2D eigenvalue weighted by molar-refractivity contribution is 5.22. The van der Waals surface area contributed by atoms with Crippen molar-refractivity contribution in [2.45, 2.75) is 247 Å². The van der Waals surface area contributed by atoms with Gasteiger partial charge in [0, 0.05) is 0 Å². The summed E-state index contributed by atoms with van der Waals surface area (Å²) in [7, 11) is 0. The summed E-state index contributed by atoms with van der Waals surface area (Å²) in [6.07, 6.45) is -23.0. The largest absolute Gasteiger partial charge is 0.394 e. The van der Waals surface area contributed by atoms with Gasteiger partial charge in [0.05, 0.1) is 49.8 Å². The van der Waals surface area contributed by atoms with Crippen molar-refractivity contribution < 1.29 is 114 Å². The zero-order chi connectivity index (χ0) is 56.0. The van der Waals surface area contributed by atoms with Gasteiger partial charge in [-0.15, -0.1) is 0 Å². The fourth-order valence-corrected chi connectivity index (χ4v) is 15.8. The molecule has 4 aliphatic carbocycles. The first-order valence-electron chi connectivity index (χ1n) is 27.4. The number of fused-ring (bicyclic) bond motifs is 5.